The summed E-state index contributed by atoms with van der Waals surface area (Å²) in [6, 6.07) is 17.6. The van der Waals surface area contributed by atoms with Crippen LogP contribution in [0.3, 0.4) is 0 Å². The number of carboxylic acid groups (broad SMARTS) is 1. The van der Waals surface area contributed by atoms with Crippen LogP contribution in [0, 0.1) is 24.7 Å². The number of aliphatic carboxylic acids is 1. The van der Waals surface area contributed by atoms with E-state index in [0.717, 1.165) is 67.1 Å². The van der Waals surface area contributed by atoms with Crippen molar-refractivity contribution in [2.24, 2.45) is 17.8 Å². The Morgan fingerprint density at radius 1 is 1.02 bits per heavy atom. The Morgan fingerprint density at radius 3 is 2.45 bits per heavy atom. The maximum atomic E-state index is 14.1. The average molecular weight is 600 g/mol. The molecule has 1 N–H and O–H groups in total. The number of ether oxygens (including phenoxy) is 2. The van der Waals surface area contributed by atoms with Crippen LogP contribution in [-0.2, 0) is 4.79 Å². The Bertz CT molecular complexity index is 1450. The second-order valence-electron chi connectivity index (χ2n) is 12.7. The molecule has 234 valence electrons. The lowest BCUT2D eigenvalue weighted by molar-refractivity contribution is -0.137. The molecule has 1 aliphatic carbocycles. The molecule has 0 radical (unpaired) electrons. The minimum atomic E-state index is -0.750. The molecule has 3 aromatic rings. The zero-order valence-electron chi connectivity index (χ0n) is 26.4. The zero-order chi connectivity index (χ0) is 31.2. The predicted octanol–water partition coefficient (Wildman–Crippen LogP) is 6.97. The number of benzene rings is 2. The van der Waals surface area contributed by atoms with E-state index in [1.54, 1.807) is 18.2 Å². The lowest BCUT2D eigenvalue weighted by Gasteiger charge is -2.35. The number of piperidine rings is 1. The van der Waals surface area contributed by atoms with E-state index in [1.165, 1.54) is 0 Å². The number of aryl methyl sites for hydroxylation is 1. The molecule has 1 saturated carbocycles. The van der Waals surface area contributed by atoms with Gasteiger partial charge in [-0.05, 0) is 104 Å². The SMILES string of the molecule is COc1ccc(C(=O)N(CC(C)C)c2cc(C)ccn2)c(N2CCC(COc3cccc(C(CC(=O)O)C4CC4)c3)CC2)c1. The molecule has 8 nitrogen and oxygen atoms in total. The number of anilines is 2. The second kappa shape index (κ2) is 14.1. The van der Waals surface area contributed by atoms with E-state index in [4.69, 9.17) is 9.47 Å². The van der Waals surface area contributed by atoms with Gasteiger partial charge in [-0.25, -0.2) is 4.98 Å². The molecular formula is C36H45N3O5. The summed E-state index contributed by atoms with van der Waals surface area (Å²) in [7, 11) is 1.65. The minimum Gasteiger partial charge on any atom is -0.497 e. The molecule has 2 aliphatic rings. The van der Waals surface area contributed by atoms with Gasteiger partial charge in [0.05, 0.1) is 31.4 Å². The van der Waals surface area contributed by atoms with Gasteiger partial charge >= 0.3 is 5.97 Å². The number of pyridine rings is 1. The first-order valence-corrected chi connectivity index (χ1v) is 15.8. The third-order valence-corrected chi connectivity index (χ3v) is 8.72. The second-order valence-corrected chi connectivity index (χ2v) is 12.7. The monoisotopic (exact) mass is 599 g/mol. The molecule has 2 aromatic carbocycles. The first kappa shape index (κ1) is 31.4. The number of carbonyl (C=O) groups is 2. The molecule has 0 spiro atoms. The molecule has 1 aliphatic heterocycles. The highest BCUT2D eigenvalue weighted by atomic mass is 16.5. The van der Waals surface area contributed by atoms with Crippen molar-refractivity contribution in [3.05, 3.63) is 77.5 Å². The van der Waals surface area contributed by atoms with Crippen LogP contribution in [0.25, 0.3) is 0 Å². The molecule has 5 rings (SSSR count). The van der Waals surface area contributed by atoms with Crippen LogP contribution in [-0.4, -0.2) is 55.3 Å². The number of methoxy groups -OCH3 is 1. The lowest BCUT2D eigenvalue weighted by Crippen LogP contribution is -2.39. The Labute approximate surface area is 261 Å². The number of rotatable bonds is 13. The van der Waals surface area contributed by atoms with Crippen LogP contribution < -0.4 is 19.3 Å². The topological polar surface area (TPSA) is 92.2 Å². The van der Waals surface area contributed by atoms with Crippen molar-refractivity contribution in [2.75, 3.05) is 43.2 Å². The molecular weight excluding hydrogens is 554 g/mol. The summed E-state index contributed by atoms with van der Waals surface area (Å²) in [5.74, 6) is 2.55. The fraction of sp³-hybridized carbons (Fsp3) is 0.472. The van der Waals surface area contributed by atoms with Crippen molar-refractivity contribution in [3.8, 4) is 11.5 Å². The number of carbonyl (C=O) groups excluding carboxylic acids is 1. The van der Waals surface area contributed by atoms with Crippen molar-refractivity contribution in [1.82, 2.24) is 4.98 Å². The van der Waals surface area contributed by atoms with E-state index < -0.39 is 5.97 Å². The highest BCUT2D eigenvalue weighted by Crippen LogP contribution is 2.45. The van der Waals surface area contributed by atoms with Gasteiger partial charge < -0.3 is 19.5 Å². The predicted molar refractivity (Wildman–Crippen MR) is 173 cm³/mol. The van der Waals surface area contributed by atoms with E-state index in [2.05, 4.69) is 23.7 Å². The number of aromatic nitrogens is 1. The molecule has 1 amide bonds. The summed E-state index contributed by atoms with van der Waals surface area (Å²) in [5.41, 5.74) is 3.65. The van der Waals surface area contributed by atoms with Gasteiger partial charge in [-0.3, -0.25) is 14.5 Å². The van der Waals surface area contributed by atoms with Crippen molar-refractivity contribution >= 4 is 23.4 Å². The zero-order valence-corrected chi connectivity index (χ0v) is 26.4. The number of amides is 1. The van der Waals surface area contributed by atoms with Crippen LogP contribution in [0.2, 0.25) is 0 Å². The van der Waals surface area contributed by atoms with Crippen LogP contribution >= 0.6 is 0 Å². The van der Waals surface area contributed by atoms with Gasteiger partial charge in [0.25, 0.3) is 5.91 Å². The van der Waals surface area contributed by atoms with Crippen LogP contribution in [0.15, 0.2) is 60.8 Å². The van der Waals surface area contributed by atoms with E-state index in [0.29, 0.717) is 36.4 Å². The summed E-state index contributed by atoms with van der Waals surface area (Å²) in [5, 5.41) is 9.40. The van der Waals surface area contributed by atoms with Crippen molar-refractivity contribution in [2.45, 2.75) is 58.8 Å². The normalized spacial score (nSPS) is 16.1. The fourth-order valence-electron chi connectivity index (χ4n) is 6.17. The van der Waals surface area contributed by atoms with Gasteiger partial charge in [-0.2, -0.15) is 0 Å². The van der Waals surface area contributed by atoms with E-state index >= 15 is 0 Å². The van der Waals surface area contributed by atoms with Gasteiger partial charge in [0.2, 0.25) is 0 Å². The van der Waals surface area contributed by atoms with Crippen molar-refractivity contribution < 1.29 is 24.2 Å². The molecule has 2 fully saturated rings. The molecule has 1 aromatic heterocycles. The van der Waals surface area contributed by atoms with Crippen molar-refractivity contribution in [1.29, 1.82) is 0 Å². The summed E-state index contributed by atoms with van der Waals surface area (Å²) in [6.07, 6.45) is 5.98. The summed E-state index contributed by atoms with van der Waals surface area (Å²) < 4.78 is 11.8. The Hall–Kier alpha value is -4.07. The molecule has 1 atom stereocenters. The molecule has 1 unspecified atom stereocenters. The summed E-state index contributed by atoms with van der Waals surface area (Å²) >= 11 is 0. The average Bonchev–Trinajstić information content (AvgIpc) is 3.87. The largest absolute Gasteiger partial charge is 0.497 e. The number of hydrogen-bond donors (Lipinski definition) is 1. The Kier molecular flexibility index (Phi) is 10.1. The number of carboxylic acids is 1. The maximum Gasteiger partial charge on any atom is 0.303 e. The number of hydrogen-bond acceptors (Lipinski definition) is 6. The van der Waals surface area contributed by atoms with Gasteiger partial charge in [0, 0.05) is 31.9 Å². The summed E-state index contributed by atoms with van der Waals surface area (Å²) in [4.78, 5) is 34.2. The minimum absolute atomic E-state index is 0.0530. The smallest absolute Gasteiger partial charge is 0.303 e. The standard InChI is InChI=1S/C36H45N3O5/c1-24(2)22-39(34-18-25(3)12-15-37-34)36(42)31-11-10-29(43-4)20-33(31)38-16-13-26(14-17-38)23-44-30-7-5-6-28(19-30)32(21-35(40)41)27-8-9-27/h5-7,10-12,15,18-20,24,26-27,32H,8-9,13-14,16-17,21-23H2,1-4H3,(H,40,41). The van der Waals surface area contributed by atoms with Crippen LogP contribution in [0.1, 0.15) is 73.4 Å². The Morgan fingerprint density at radius 2 is 1.80 bits per heavy atom. The van der Waals surface area contributed by atoms with Crippen LogP contribution in [0.4, 0.5) is 11.5 Å². The quantitative estimate of drug-likeness (QED) is 0.227. The molecule has 2 heterocycles. The molecule has 0 bridgehead atoms. The fourth-order valence-corrected chi connectivity index (χ4v) is 6.17. The van der Waals surface area contributed by atoms with Gasteiger partial charge in [-0.1, -0.05) is 26.0 Å². The van der Waals surface area contributed by atoms with E-state index in [-0.39, 0.29) is 24.2 Å². The lowest BCUT2D eigenvalue weighted by atomic mass is 9.91. The molecule has 8 heteroatoms. The van der Waals surface area contributed by atoms with E-state index in [9.17, 15) is 14.7 Å². The van der Waals surface area contributed by atoms with Gasteiger partial charge in [0.15, 0.2) is 0 Å². The number of nitrogens with zero attached hydrogens (tertiary/aromatic N) is 3. The Balaban J connectivity index is 1.26. The highest BCUT2D eigenvalue weighted by molar-refractivity contribution is 6.09. The first-order chi connectivity index (χ1) is 21.2. The van der Waals surface area contributed by atoms with Crippen LogP contribution in [0.5, 0.6) is 11.5 Å². The summed E-state index contributed by atoms with van der Waals surface area (Å²) in [6.45, 7) is 9.00. The van der Waals surface area contributed by atoms with Crippen molar-refractivity contribution in [3.63, 3.8) is 0 Å². The third kappa shape index (κ3) is 7.90. The van der Waals surface area contributed by atoms with Gasteiger partial charge in [0.1, 0.15) is 17.3 Å². The molecule has 44 heavy (non-hydrogen) atoms. The van der Waals surface area contributed by atoms with E-state index in [1.807, 2.05) is 61.5 Å². The third-order valence-electron chi connectivity index (χ3n) is 8.72. The first-order valence-electron chi connectivity index (χ1n) is 15.8. The highest BCUT2D eigenvalue weighted by Gasteiger charge is 2.34. The molecule has 1 saturated heterocycles. The van der Waals surface area contributed by atoms with Gasteiger partial charge in [-0.15, -0.1) is 0 Å². The maximum absolute atomic E-state index is 14.1.